The number of aryl methyl sites for hydroxylation is 1. The van der Waals surface area contributed by atoms with Crippen molar-refractivity contribution in [2.45, 2.75) is 36.2 Å². The summed E-state index contributed by atoms with van der Waals surface area (Å²) in [6.45, 7) is 7.43. The summed E-state index contributed by atoms with van der Waals surface area (Å²) in [6.07, 6.45) is 0.489. The van der Waals surface area contributed by atoms with E-state index >= 15 is 0 Å². The predicted molar refractivity (Wildman–Crippen MR) is 74.3 cm³/mol. The lowest BCUT2D eigenvalue weighted by atomic mass is 10.1. The Hall–Kier alpha value is -0.650. The van der Waals surface area contributed by atoms with Crippen molar-refractivity contribution in [1.82, 2.24) is 0 Å². The van der Waals surface area contributed by atoms with Gasteiger partial charge in [0.15, 0.2) is 5.44 Å². The second-order valence-electron chi connectivity index (χ2n) is 4.81. The average molecular weight is 331 g/mol. The van der Waals surface area contributed by atoms with Gasteiger partial charge in [-0.25, -0.2) is 8.42 Å². The highest BCUT2D eigenvalue weighted by atomic mass is 79.9. The first kappa shape index (κ1) is 13.8. The molecule has 1 aliphatic heterocycles. The van der Waals surface area contributed by atoms with E-state index in [-0.39, 0.29) is 0 Å². The Morgan fingerprint density at radius 2 is 2.00 bits per heavy atom. The number of hydrogen-bond donors (Lipinski definition) is 0. The molecular weight excluding hydrogens is 316 g/mol. The molecule has 0 spiro atoms. The smallest absolute Gasteiger partial charge is 0.208 e. The predicted octanol–water partition coefficient (Wildman–Crippen LogP) is 3.18. The molecule has 2 atom stereocenters. The second-order valence-corrected chi connectivity index (χ2v) is 7.93. The van der Waals surface area contributed by atoms with E-state index in [9.17, 15) is 8.42 Å². The monoisotopic (exact) mass is 330 g/mol. The highest BCUT2D eigenvalue weighted by Gasteiger charge is 2.60. The summed E-state index contributed by atoms with van der Waals surface area (Å²) >= 11 is 3.24. The molecule has 1 heterocycles. The normalized spacial score (nSPS) is 26.9. The first-order valence-corrected chi connectivity index (χ1v) is 7.91. The molecule has 3 nitrogen and oxygen atoms in total. The molecule has 0 saturated carbocycles. The fraction of sp³-hybridized carbons (Fsp3) is 0.385. The van der Waals surface area contributed by atoms with Gasteiger partial charge in [0.25, 0.3) is 0 Å². The average Bonchev–Trinajstić information content (AvgIpc) is 2.90. The Balaban J connectivity index is 2.24. The molecule has 1 fully saturated rings. The van der Waals surface area contributed by atoms with E-state index in [0.717, 1.165) is 10.0 Å². The lowest BCUT2D eigenvalue weighted by Crippen LogP contribution is -2.18. The van der Waals surface area contributed by atoms with Crippen LogP contribution < -0.4 is 0 Å². The van der Waals surface area contributed by atoms with Crippen LogP contribution in [0.15, 0.2) is 40.2 Å². The second kappa shape index (κ2) is 4.47. The Bertz CT molecular complexity index is 577. The van der Waals surface area contributed by atoms with Crippen molar-refractivity contribution in [3.8, 4) is 0 Å². The van der Waals surface area contributed by atoms with Crippen LogP contribution in [0.25, 0.3) is 0 Å². The summed E-state index contributed by atoms with van der Waals surface area (Å²) in [7, 11) is -3.42. The molecule has 0 aliphatic carbocycles. The molecule has 0 bridgehead atoms. The van der Waals surface area contributed by atoms with Crippen LogP contribution in [0.1, 0.15) is 18.9 Å². The minimum absolute atomic E-state index is 0.307. The maximum atomic E-state index is 12.3. The largest absolute Gasteiger partial charge is 0.348 e. The van der Waals surface area contributed by atoms with Crippen molar-refractivity contribution in [2.24, 2.45) is 0 Å². The molecule has 0 amide bonds. The third-order valence-corrected chi connectivity index (χ3v) is 5.36. The quantitative estimate of drug-likeness (QED) is 0.796. The molecule has 1 aromatic carbocycles. The van der Waals surface area contributed by atoms with Gasteiger partial charge in [0.1, 0.15) is 5.60 Å². The highest BCUT2D eigenvalue weighted by molar-refractivity contribution is 9.11. The lowest BCUT2D eigenvalue weighted by Gasteiger charge is -2.06. The Morgan fingerprint density at radius 1 is 1.44 bits per heavy atom. The van der Waals surface area contributed by atoms with Gasteiger partial charge in [-0.2, -0.15) is 0 Å². The van der Waals surface area contributed by atoms with Gasteiger partial charge < -0.3 is 4.74 Å². The Kier molecular flexibility index (Phi) is 3.42. The standard InChI is InChI=1S/C13H15BrO3S/c1-9-4-6-11(7-5-9)18(15,16)12-13(3,17-12)8-10(2)14/h4-7,12H,2,8H2,1,3H3/t12-,13+/m1/s1. The van der Waals surface area contributed by atoms with E-state index in [4.69, 9.17) is 4.74 Å². The lowest BCUT2D eigenvalue weighted by molar-refractivity contribution is 0.319. The number of ether oxygens (including phenoxy) is 1. The molecule has 18 heavy (non-hydrogen) atoms. The van der Waals surface area contributed by atoms with E-state index in [1.807, 2.05) is 6.92 Å². The summed E-state index contributed by atoms with van der Waals surface area (Å²) in [4.78, 5) is 0.307. The molecule has 0 unspecified atom stereocenters. The molecule has 0 N–H and O–H groups in total. The number of epoxide rings is 1. The summed E-state index contributed by atoms with van der Waals surface area (Å²) < 4.78 is 30.8. The van der Waals surface area contributed by atoms with Gasteiger partial charge in [-0.05, 0) is 30.5 Å². The number of rotatable bonds is 4. The summed E-state index contributed by atoms with van der Waals surface area (Å²) in [6, 6.07) is 6.82. The molecule has 5 heteroatoms. The maximum absolute atomic E-state index is 12.3. The van der Waals surface area contributed by atoms with Gasteiger partial charge in [0.2, 0.25) is 9.84 Å². The number of sulfone groups is 1. The number of benzene rings is 1. The maximum Gasteiger partial charge on any atom is 0.208 e. The molecule has 1 aliphatic rings. The highest BCUT2D eigenvalue weighted by Crippen LogP contribution is 2.47. The molecule has 1 saturated heterocycles. The fourth-order valence-corrected chi connectivity index (χ4v) is 4.37. The van der Waals surface area contributed by atoms with Gasteiger partial charge >= 0.3 is 0 Å². The van der Waals surface area contributed by atoms with Crippen LogP contribution in [0.3, 0.4) is 0 Å². The molecular formula is C13H15BrO3S. The van der Waals surface area contributed by atoms with Crippen LogP contribution >= 0.6 is 15.9 Å². The first-order valence-electron chi connectivity index (χ1n) is 5.57. The number of halogens is 1. The zero-order valence-corrected chi connectivity index (χ0v) is 12.7. The Morgan fingerprint density at radius 3 is 2.50 bits per heavy atom. The van der Waals surface area contributed by atoms with Gasteiger partial charge in [0.05, 0.1) is 4.90 Å². The minimum Gasteiger partial charge on any atom is -0.348 e. The van der Waals surface area contributed by atoms with E-state index in [1.54, 1.807) is 31.2 Å². The summed E-state index contributed by atoms with van der Waals surface area (Å²) in [5, 5.41) is 0. The van der Waals surface area contributed by atoms with Crippen molar-refractivity contribution >= 4 is 25.8 Å². The Labute approximate surface area is 116 Å². The van der Waals surface area contributed by atoms with Gasteiger partial charge in [0, 0.05) is 6.42 Å². The van der Waals surface area contributed by atoms with E-state index in [1.165, 1.54) is 0 Å². The van der Waals surface area contributed by atoms with E-state index in [0.29, 0.717) is 11.3 Å². The van der Waals surface area contributed by atoms with Crippen LogP contribution in [0.5, 0.6) is 0 Å². The first-order chi connectivity index (χ1) is 8.25. The number of hydrogen-bond acceptors (Lipinski definition) is 3. The third kappa shape index (κ3) is 2.53. The minimum atomic E-state index is -3.42. The van der Waals surface area contributed by atoms with E-state index < -0.39 is 20.9 Å². The molecule has 98 valence electrons. The van der Waals surface area contributed by atoms with Gasteiger partial charge in [-0.15, -0.1) is 0 Å². The summed E-state index contributed by atoms with van der Waals surface area (Å²) in [5.41, 5.74) is -0.408. The van der Waals surface area contributed by atoms with Gasteiger partial charge in [-0.3, -0.25) is 0 Å². The topological polar surface area (TPSA) is 46.7 Å². The summed E-state index contributed by atoms with van der Waals surface area (Å²) in [5.74, 6) is 0. The third-order valence-electron chi connectivity index (χ3n) is 2.99. The van der Waals surface area contributed by atoms with Crippen LogP contribution in [-0.4, -0.2) is 19.5 Å². The van der Waals surface area contributed by atoms with Crippen molar-refractivity contribution in [3.05, 3.63) is 40.9 Å². The van der Waals surface area contributed by atoms with E-state index in [2.05, 4.69) is 22.5 Å². The molecule has 2 rings (SSSR count). The SMILES string of the molecule is C=C(Br)C[C@]1(C)O[C@@H]1S(=O)(=O)c1ccc(C)cc1. The van der Waals surface area contributed by atoms with Crippen LogP contribution in [0.4, 0.5) is 0 Å². The van der Waals surface area contributed by atoms with Crippen LogP contribution in [0, 0.1) is 6.92 Å². The van der Waals surface area contributed by atoms with Crippen LogP contribution in [0.2, 0.25) is 0 Å². The fourth-order valence-electron chi connectivity index (χ4n) is 1.96. The zero-order chi connectivity index (χ0) is 13.6. The van der Waals surface area contributed by atoms with Crippen molar-refractivity contribution in [3.63, 3.8) is 0 Å². The van der Waals surface area contributed by atoms with Crippen molar-refractivity contribution in [2.75, 3.05) is 0 Å². The van der Waals surface area contributed by atoms with Crippen molar-refractivity contribution in [1.29, 1.82) is 0 Å². The van der Waals surface area contributed by atoms with Crippen LogP contribution in [-0.2, 0) is 14.6 Å². The molecule has 0 radical (unpaired) electrons. The van der Waals surface area contributed by atoms with Crippen molar-refractivity contribution < 1.29 is 13.2 Å². The zero-order valence-electron chi connectivity index (χ0n) is 10.3. The molecule has 0 aromatic heterocycles. The molecule has 1 aromatic rings. The van der Waals surface area contributed by atoms with Gasteiger partial charge in [-0.1, -0.05) is 40.2 Å².